The number of esters is 1. The Labute approximate surface area is 175 Å². The summed E-state index contributed by atoms with van der Waals surface area (Å²) >= 11 is 0. The molecule has 2 fully saturated rings. The maximum absolute atomic E-state index is 13.0. The lowest BCUT2D eigenvalue weighted by Crippen LogP contribution is -2.50. The quantitative estimate of drug-likeness (QED) is 0.498. The van der Waals surface area contributed by atoms with Crippen LogP contribution in [-0.4, -0.2) is 44.5 Å². The van der Waals surface area contributed by atoms with E-state index >= 15 is 0 Å². The average molecular weight is 419 g/mol. The van der Waals surface area contributed by atoms with E-state index < -0.39 is 20.0 Å². The first-order chi connectivity index (χ1) is 13.5. The Morgan fingerprint density at radius 3 is 2.69 bits per heavy atom. The molecular formula is C23H34O5Si. The lowest BCUT2D eigenvalue weighted by atomic mass is 9.69. The van der Waals surface area contributed by atoms with E-state index in [4.69, 9.17) is 13.9 Å². The Bertz CT molecular complexity index is 803. The summed E-state index contributed by atoms with van der Waals surface area (Å²) in [7, 11) is -2.02. The molecule has 0 amide bonds. The van der Waals surface area contributed by atoms with Crippen LogP contribution in [0.2, 0.25) is 18.1 Å². The molecule has 1 spiro atoms. The van der Waals surface area contributed by atoms with Crippen LogP contribution in [0.1, 0.15) is 59.8 Å². The van der Waals surface area contributed by atoms with Gasteiger partial charge in [-0.3, -0.25) is 4.79 Å². The summed E-state index contributed by atoms with van der Waals surface area (Å²) in [6.45, 7) is 13.4. The zero-order valence-electron chi connectivity index (χ0n) is 18.6. The highest BCUT2D eigenvalue weighted by Gasteiger charge is 2.61. The van der Waals surface area contributed by atoms with Crippen LogP contribution in [0.3, 0.4) is 0 Å². The molecule has 2 aliphatic heterocycles. The standard InChI is InChI=1S/C23H34O5Si/c1-7-26-21(25)20-18-13-15-16(24)9-8-12-23(15,27-18)14-10-11-17(19(14)20)28-29(5,6)22(2,3)4/h13-14,17-18H,7-12H2,1-6H3/t14-,17+,18+,23+/m0/s1. The summed E-state index contributed by atoms with van der Waals surface area (Å²) in [6.07, 6.45) is 5.35. The first kappa shape index (κ1) is 21.0. The summed E-state index contributed by atoms with van der Waals surface area (Å²) < 4.78 is 18.7. The lowest BCUT2D eigenvalue weighted by molar-refractivity contribution is -0.143. The first-order valence-corrected chi connectivity index (χ1v) is 13.9. The fourth-order valence-electron chi connectivity index (χ4n) is 5.33. The van der Waals surface area contributed by atoms with Crippen molar-refractivity contribution in [2.45, 2.75) is 95.7 Å². The molecule has 0 aromatic carbocycles. The first-order valence-electron chi connectivity index (χ1n) is 11.0. The number of Topliss-reactive ketones (excluding diaryl/α,β-unsaturated/α-hetero) is 1. The summed E-state index contributed by atoms with van der Waals surface area (Å²) in [5, 5.41) is 0.0857. The monoisotopic (exact) mass is 418 g/mol. The van der Waals surface area contributed by atoms with Crippen molar-refractivity contribution in [1.29, 1.82) is 0 Å². The van der Waals surface area contributed by atoms with E-state index in [1.54, 1.807) is 0 Å². The van der Waals surface area contributed by atoms with Gasteiger partial charge in [-0.05, 0) is 62.4 Å². The number of hydrogen-bond donors (Lipinski definition) is 0. The molecule has 4 atom stereocenters. The number of carbonyl (C=O) groups is 2. The minimum atomic E-state index is -2.02. The van der Waals surface area contributed by atoms with Crippen molar-refractivity contribution < 1.29 is 23.5 Å². The molecule has 2 heterocycles. The number of ether oxygens (including phenoxy) is 2. The average Bonchev–Trinajstić information content (AvgIpc) is 3.16. The van der Waals surface area contributed by atoms with Crippen molar-refractivity contribution in [2.75, 3.05) is 6.61 Å². The van der Waals surface area contributed by atoms with Crippen molar-refractivity contribution in [3.63, 3.8) is 0 Å². The van der Waals surface area contributed by atoms with Gasteiger partial charge < -0.3 is 13.9 Å². The molecule has 0 aromatic rings. The van der Waals surface area contributed by atoms with Gasteiger partial charge >= 0.3 is 5.97 Å². The van der Waals surface area contributed by atoms with Crippen LogP contribution in [0, 0.1) is 5.92 Å². The zero-order chi connectivity index (χ0) is 21.2. The molecule has 6 heteroatoms. The normalized spacial score (nSPS) is 34.1. The van der Waals surface area contributed by atoms with E-state index in [2.05, 4.69) is 33.9 Å². The Hall–Kier alpha value is -1.24. The van der Waals surface area contributed by atoms with Gasteiger partial charge in [0.2, 0.25) is 0 Å². The lowest BCUT2D eigenvalue weighted by Gasteiger charge is -2.46. The maximum atomic E-state index is 13.0. The molecule has 0 saturated heterocycles. The molecule has 160 valence electrons. The number of carbonyl (C=O) groups excluding carboxylic acids is 2. The molecule has 0 aromatic heterocycles. The van der Waals surface area contributed by atoms with Crippen molar-refractivity contribution in [1.82, 2.24) is 0 Å². The smallest absolute Gasteiger partial charge is 0.337 e. The van der Waals surface area contributed by atoms with Gasteiger partial charge in [0.25, 0.3) is 0 Å². The van der Waals surface area contributed by atoms with Crippen molar-refractivity contribution in [3.05, 3.63) is 22.8 Å². The predicted octanol–water partition coefficient (Wildman–Crippen LogP) is 4.48. The molecule has 5 nitrogen and oxygen atoms in total. The van der Waals surface area contributed by atoms with Crippen LogP contribution >= 0.6 is 0 Å². The molecule has 2 saturated carbocycles. The van der Waals surface area contributed by atoms with Crippen LogP contribution in [0.5, 0.6) is 0 Å². The van der Waals surface area contributed by atoms with Gasteiger partial charge in [0.1, 0.15) is 11.7 Å². The van der Waals surface area contributed by atoms with E-state index in [1.165, 1.54) is 0 Å². The highest BCUT2D eigenvalue weighted by Crippen LogP contribution is 2.59. The van der Waals surface area contributed by atoms with E-state index in [0.717, 1.165) is 36.8 Å². The largest absolute Gasteiger partial charge is 0.463 e. The van der Waals surface area contributed by atoms with Crippen LogP contribution in [0.15, 0.2) is 22.8 Å². The Morgan fingerprint density at radius 2 is 2.03 bits per heavy atom. The Kier molecular flexibility index (Phi) is 4.99. The third kappa shape index (κ3) is 3.10. The molecule has 0 N–H and O–H groups in total. The van der Waals surface area contributed by atoms with Crippen LogP contribution in [0.4, 0.5) is 0 Å². The minimum Gasteiger partial charge on any atom is -0.463 e. The molecular weight excluding hydrogens is 384 g/mol. The summed E-state index contributed by atoms with van der Waals surface area (Å²) in [4.78, 5) is 25.7. The van der Waals surface area contributed by atoms with Crippen LogP contribution < -0.4 is 0 Å². The van der Waals surface area contributed by atoms with Gasteiger partial charge in [0, 0.05) is 17.9 Å². The SMILES string of the molecule is CCOC(=O)C1=C2[C@H](O[Si](C)(C)C(C)(C)C)CC[C@@H]2[C@]23CCCC(=O)C2=C[C@H]1O3. The number of hydrogen-bond acceptors (Lipinski definition) is 5. The second kappa shape index (κ2) is 6.89. The molecule has 4 rings (SSSR count). The van der Waals surface area contributed by atoms with Crippen molar-refractivity contribution >= 4 is 20.1 Å². The van der Waals surface area contributed by atoms with E-state index in [-0.39, 0.29) is 28.8 Å². The van der Waals surface area contributed by atoms with E-state index in [9.17, 15) is 9.59 Å². The number of fused-ring (bicyclic) bond motifs is 2. The second-order valence-electron chi connectivity index (χ2n) is 10.4. The number of rotatable bonds is 4. The second-order valence-corrected chi connectivity index (χ2v) is 15.1. The molecule has 29 heavy (non-hydrogen) atoms. The summed E-state index contributed by atoms with van der Waals surface area (Å²) in [5.74, 6) is -0.107. The van der Waals surface area contributed by atoms with E-state index in [0.29, 0.717) is 18.6 Å². The van der Waals surface area contributed by atoms with Gasteiger partial charge in [-0.15, -0.1) is 0 Å². The van der Waals surface area contributed by atoms with Crippen molar-refractivity contribution in [2.24, 2.45) is 5.92 Å². The summed E-state index contributed by atoms with van der Waals surface area (Å²) in [5.41, 5.74) is 1.89. The van der Waals surface area contributed by atoms with Gasteiger partial charge in [-0.2, -0.15) is 0 Å². The predicted molar refractivity (Wildman–Crippen MR) is 113 cm³/mol. The minimum absolute atomic E-state index is 0.0333. The Balaban J connectivity index is 1.79. The topological polar surface area (TPSA) is 61.8 Å². The molecule has 0 unspecified atom stereocenters. The van der Waals surface area contributed by atoms with Gasteiger partial charge in [0.15, 0.2) is 14.1 Å². The van der Waals surface area contributed by atoms with Crippen LogP contribution in [-0.2, 0) is 23.5 Å². The highest BCUT2D eigenvalue weighted by atomic mass is 28.4. The summed E-state index contributed by atoms with van der Waals surface area (Å²) in [6, 6.07) is 0. The third-order valence-electron chi connectivity index (χ3n) is 7.70. The number of ketones is 1. The Morgan fingerprint density at radius 1 is 1.31 bits per heavy atom. The fraction of sp³-hybridized carbons (Fsp3) is 0.739. The fourth-order valence-corrected chi connectivity index (χ4v) is 6.64. The molecule has 4 aliphatic rings. The molecule has 2 bridgehead atoms. The molecule has 0 radical (unpaired) electrons. The van der Waals surface area contributed by atoms with E-state index in [1.807, 2.05) is 13.0 Å². The molecule has 2 aliphatic carbocycles. The van der Waals surface area contributed by atoms with Crippen molar-refractivity contribution in [3.8, 4) is 0 Å². The third-order valence-corrected chi connectivity index (χ3v) is 12.2. The van der Waals surface area contributed by atoms with Crippen LogP contribution in [0.25, 0.3) is 0 Å². The highest BCUT2D eigenvalue weighted by molar-refractivity contribution is 6.74. The maximum Gasteiger partial charge on any atom is 0.337 e. The van der Waals surface area contributed by atoms with Gasteiger partial charge in [0.05, 0.1) is 18.3 Å². The van der Waals surface area contributed by atoms with Gasteiger partial charge in [-0.25, -0.2) is 4.79 Å². The van der Waals surface area contributed by atoms with Gasteiger partial charge in [-0.1, -0.05) is 20.8 Å². The zero-order valence-corrected chi connectivity index (χ0v) is 19.6.